The van der Waals surface area contributed by atoms with Gasteiger partial charge in [0, 0.05) is 10.4 Å². The van der Waals surface area contributed by atoms with Crippen LogP contribution in [0.1, 0.15) is 87.1 Å². The van der Waals surface area contributed by atoms with Crippen LogP contribution >= 0.6 is 15.9 Å². The van der Waals surface area contributed by atoms with Gasteiger partial charge in [0.25, 0.3) is 5.56 Å². The summed E-state index contributed by atoms with van der Waals surface area (Å²) < 4.78 is 3.15. The Bertz CT molecular complexity index is 1420. The van der Waals surface area contributed by atoms with Crippen molar-refractivity contribution in [3.8, 4) is 18.0 Å². The summed E-state index contributed by atoms with van der Waals surface area (Å²) in [6.45, 7) is 2.32. The van der Waals surface area contributed by atoms with E-state index >= 15 is 0 Å². The van der Waals surface area contributed by atoms with Crippen molar-refractivity contribution in [2.45, 2.75) is 75.5 Å². The molecule has 4 aliphatic rings. The lowest BCUT2D eigenvalue weighted by Crippen LogP contribution is -2.32. The first-order valence-electron chi connectivity index (χ1n) is 14.0. The van der Waals surface area contributed by atoms with Crippen LogP contribution in [0, 0.1) is 18.3 Å². The Hall–Kier alpha value is -2.42. The summed E-state index contributed by atoms with van der Waals surface area (Å²) in [5.74, 6) is 4.93. The molecule has 0 radical (unpaired) electrons. The number of rotatable bonds is 1. The van der Waals surface area contributed by atoms with Crippen molar-refractivity contribution in [1.29, 1.82) is 0 Å². The molecule has 192 valence electrons. The lowest BCUT2D eigenvalue weighted by Gasteiger charge is -2.34. The van der Waals surface area contributed by atoms with Gasteiger partial charge < -0.3 is 4.90 Å². The number of aromatic nitrogens is 2. The molecule has 5 heteroatoms. The molecule has 0 N–H and O–H groups in total. The summed E-state index contributed by atoms with van der Waals surface area (Å²) in [7, 11) is 2.22. The molecule has 2 aromatic carbocycles. The first kappa shape index (κ1) is 24.9. The first-order valence-corrected chi connectivity index (χ1v) is 14.8. The van der Waals surface area contributed by atoms with Gasteiger partial charge in [-0.05, 0) is 110 Å². The van der Waals surface area contributed by atoms with Crippen molar-refractivity contribution in [2.75, 3.05) is 20.1 Å². The molecule has 0 amide bonds. The van der Waals surface area contributed by atoms with Crippen LogP contribution in [0.5, 0.6) is 0 Å². The largest absolute Gasteiger partial charge is 0.306 e. The quantitative estimate of drug-likeness (QED) is 0.304. The van der Waals surface area contributed by atoms with E-state index in [0.717, 1.165) is 41.7 Å². The van der Waals surface area contributed by atoms with E-state index < -0.39 is 0 Å². The molecule has 2 aliphatic carbocycles. The second-order valence-electron chi connectivity index (χ2n) is 11.5. The Morgan fingerprint density at radius 3 is 2.43 bits per heavy atom. The van der Waals surface area contributed by atoms with Gasteiger partial charge in [-0.25, -0.2) is 0 Å². The molecular weight excluding hydrogens is 522 g/mol. The molecule has 3 heterocycles. The van der Waals surface area contributed by atoms with Gasteiger partial charge in [-0.3, -0.25) is 9.36 Å². The van der Waals surface area contributed by atoms with Crippen molar-refractivity contribution in [1.82, 2.24) is 14.5 Å². The van der Waals surface area contributed by atoms with Gasteiger partial charge in [-0.15, -0.1) is 12.3 Å². The molecule has 3 aromatic rings. The lowest BCUT2D eigenvalue weighted by atomic mass is 9.69. The van der Waals surface area contributed by atoms with Gasteiger partial charge >= 0.3 is 0 Å². The number of nitrogens with zero attached hydrogens (tertiary/aromatic N) is 3. The highest BCUT2D eigenvalue weighted by atomic mass is 79.9. The van der Waals surface area contributed by atoms with Crippen LogP contribution in [0.3, 0.4) is 0 Å². The van der Waals surface area contributed by atoms with Gasteiger partial charge in [0.2, 0.25) is 0 Å². The molecule has 1 spiro atoms. The smallest absolute Gasteiger partial charge is 0.281 e. The fourth-order valence-corrected chi connectivity index (χ4v) is 7.40. The average Bonchev–Trinajstić information content (AvgIpc) is 3.13. The van der Waals surface area contributed by atoms with E-state index in [9.17, 15) is 4.79 Å². The van der Waals surface area contributed by atoms with E-state index in [1.807, 2.05) is 12.1 Å². The fourth-order valence-electron chi connectivity index (χ4n) is 6.87. The van der Waals surface area contributed by atoms with Crippen molar-refractivity contribution < 1.29 is 0 Å². The van der Waals surface area contributed by atoms with E-state index in [-0.39, 0.29) is 11.0 Å². The third-order valence-corrected chi connectivity index (χ3v) is 9.97. The Morgan fingerprint density at radius 1 is 1.03 bits per heavy atom. The molecule has 4 nitrogen and oxygen atoms in total. The van der Waals surface area contributed by atoms with Crippen LogP contribution in [0.25, 0.3) is 16.6 Å². The zero-order valence-electron chi connectivity index (χ0n) is 21.8. The number of piperidine rings is 1. The number of likely N-dealkylation sites (tertiary alicyclic amines) is 1. The SMILES string of the molecule is C#CC1CCC1.CN1CCC(c2ccc3c(c2)-n2c(nc(=O)c4c(Br)cccc42)C32CCCCC2)CC1. The van der Waals surface area contributed by atoms with Crippen LogP contribution in [0.4, 0.5) is 0 Å². The molecule has 7 rings (SSSR count). The topological polar surface area (TPSA) is 38.1 Å². The van der Waals surface area contributed by atoms with Gasteiger partial charge in [0.15, 0.2) is 0 Å². The molecule has 37 heavy (non-hydrogen) atoms. The number of hydrogen-bond donors (Lipinski definition) is 0. The van der Waals surface area contributed by atoms with E-state index in [2.05, 4.69) is 62.6 Å². The van der Waals surface area contributed by atoms with Crippen LogP contribution in [-0.2, 0) is 5.41 Å². The average molecular weight is 559 g/mol. The highest BCUT2D eigenvalue weighted by Crippen LogP contribution is 2.52. The molecule has 0 atom stereocenters. The third-order valence-electron chi connectivity index (χ3n) is 9.31. The molecule has 0 bridgehead atoms. The zero-order chi connectivity index (χ0) is 25.6. The van der Waals surface area contributed by atoms with Crippen molar-refractivity contribution in [3.05, 3.63) is 68.2 Å². The second kappa shape index (κ2) is 10.0. The van der Waals surface area contributed by atoms with Gasteiger partial charge in [-0.2, -0.15) is 4.98 Å². The van der Waals surface area contributed by atoms with Gasteiger partial charge in [-0.1, -0.05) is 43.9 Å². The maximum Gasteiger partial charge on any atom is 0.281 e. The van der Waals surface area contributed by atoms with Crippen LogP contribution in [-0.4, -0.2) is 34.6 Å². The monoisotopic (exact) mass is 557 g/mol. The molecule has 2 saturated carbocycles. The minimum atomic E-state index is -0.117. The number of fused-ring (bicyclic) bond motifs is 7. The molecular formula is C32H36BrN3O. The number of hydrogen-bond acceptors (Lipinski definition) is 3. The molecule has 1 saturated heterocycles. The summed E-state index contributed by atoms with van der Waals surface area (Å²) in [4.78, 5) is 20.3. The predicted molar refractivity (Wildman–Crippen MR) is 155 cm³/mol. The van der Waals surface area contributed by atoms with Crippen LogP contribution in [0.2, 0.25) is 0 Å². The van der Waals surface area contributed by atoms with Crippen LogP contribution < -0.4 is 5.56 Å². The van der Waals surface area contributed by atoms with E-state index in [1.54, 1.807) is 0 Å². The predicted octanol–water partition coefficient (Wildman–Crippen LogP) is 6.94. The Morgan fingerprint density at radius 2 is 1.78 bits per heavy atom. The number of halogens is 1. The highest BCUT2D eigenvalue weighted by molar-refractivity contribution is 9.10. The molecule has 1 aromatic heterocycles. The van der Waals surface area contributed by atoms with Gasteiger partial charge in [0.05, 0.1) is 22.0 Å². The second-order valence-corrected chi connectivity index (χ2v) is 12.4. The zero-order valence-corrected chi connectivity index (χ0v) is 23.4. The Balaban J connectivity index is 0.000000372. The summed E-state index contributed by atoms with van der Waals surface area (Å²) >= 11 is 3.61. The first-order chi connectivity index (χ1) is 18.0. The molecule has 0 unspecified atom stereocenters. The van der Waals surface area contributed by atoms with Crippen LogP contribution in [0.15, 0.2) is 45.7 Å². The minimum Gasteiger partial charge on any atom is -0.306 e. The summed E-state index contributed by atoms with van der Waals surface area (Å²) in [6, 6.07) is 13.2. The number of benzene rings is 2. The highest BCUT2D eigenvalue weighted by Gasteiger charge is 2.46. The summed E-state index contributed by atoms with van der Waals surface area (Å²) in [6.07, 6.45) is 17.2. The maximum atomic E-state index is 13.1. The van der Waals surface area contributed by atoms with E-state index in [0.29, 0.717) is 17.2 Å². The van der Waals surface area contributed by atoms with E-state index in [1.165, 1.54) is 68.2 Å². The minimum absolute atomic E-state index is 0.109. The molecule has 2 aliphatic heterocycles. The lowest BCUT2D eigenvalue weighted by molar-refractivity contribution is 0.255. The van der Waals surface area contributed by atoms with Gasteiger partial charge in [0.1, 0.15) is 5.82 Å². The van der Waals surface area contributed by atoms with Crippen molar-refractivity contribution in [2.24, 2.45) is 5.92 Å². The number of terminal acetylenes is 1. The summed E-state index contributed by atoms with van der Waals surface area (Å²) in [5, 5.41) is 0.690. The summed E-state index contributed by atoms with van der Waals surface area (Å²) in [5.41, 5.74) is 4.82. The van der Waals surface area contributed by atoms with E-state index in [4.69, 9.17) is 11.4 Å². The Labute approximate surface area is 228 Å². The van der Waals surface area contributed by atoms with Crippen molar-refractivity contribution >= 4 is 26.8 Å². The third kappa shape index (κ3) is 4.27. The van der Waals surface area contributed by atoms with Crippen molar-refractivity contribution in [3.63, 3.8) is 0 Å². The normalized spacial score (nSPS) is 21.0. The molecule has 3 fully saturated rings. The maximum absolute atomic E-state index is 13.1. The fraction of sp³-hybridized carbons (Fsp3) is 0.500. The Kier molecular flexibility index (Phi) is 6.75. The standard InChI is InChI=1S/C26H28BrN3O.C6H8/c1-29-14-10-17(11-15-29)18-8-9-19-22(16-18)30-21-7-5-6-20(27)23(21)24(31)28-25(30)26(19)12-3-2-4-13-26;1-2-6-4-3-5-6/h5-9,16-17H,2-4,10-15H2,1H3;1,6H,3-5H2.